The summed E-state index contributed by atoms with van der Waals surface area (Å²) < 4.78 is 29.3. The van der Waals surface area contributed by atoms with E-state index in [0.717, 1.165) is 4.47 Å². The molecule has 0 saturated heterocycles. The predicted octanol–water partition coefficient (Wildman–Crippen LogP) is 2.00. The van der Waals surface area contributed by atoms with Crippen LogP contribution in [0.1, 0.15) is 17.4 Å². The van der Waals surface area contributed by atoms with Crippen LogP contribution in [0.3, 0.4) is 0 Å². The van der Waals surface area contributed by atoms with E-state index in [-0.39, 0.29) is 4.90 Å². The maximum atomic E-state index is 11.6. The van der Waals surface area contributed by atoms with Crippen LogP contribution in [0.5, 0.6) is 0 Å². The molecule has 1 heterocycles. The predicted molar refractivity (Wildman–Crippen MR) is 75.1 cm³/mol. The fourth-order valence-electron chi connectivity index (χ4n) is 1.76. The lowest BCUT2D eigenvalue weighted by atomic mass is 10.1. The zero-order chi connectivity index (χ0) is 14.0. The topological polar surface area (TPSA) is 85.3 Å². The van der Waals surface area contributed by atoms with Gasteiger partial charge in [-0.25, -0.2) is 13.8 Å². The SMILES string of the molecule is CS(=O)(=O)c1cccc(C(NN)c2occc2Br)c1. The highest BCUT2D eigenvalue weighted by atomic mass is 79.9. The second-order valence-corrected chi connectivity index (χ2v) is 6.95. The summed E-state index contributed by atoms with van der Waals surface area (Å²) in [5, 5.41) is 0. The number of furan rings is 1. The van der Waals surface area contributed by atoms with Gasteiger partial charge in [0.1, 0.15) is 11.8 Å². The number of hydrazine groups is 1. The van der Waals surface area contributed by atoms with E-state index in [0.29, 0.717) is 11.3 Å². The summed E-state index contributed by atoms with van der Waals surface area (Å²) in [4.78, 5) is 0.243. The Hall–Kier alpha value is -1.15. The lowest BCUT2D eigenvalue weighted by molar-refractivity contribution is 0.449. The summed E-state index contributed by atoms with van der Waals surface area (Å²) in [5.74, 6) is 6.13. The first-order chi connectivity index (χ1) is 8.93. The number of nitrogens with two attached hydrogens (primary N) is 1. The van der Waals surface area contributed by atoms with Crippen molar-refractivity contribution in [3.05, 3.63) is 52.4 Å². The molecule has 0 saturated carbocycles. The molecule has 1 atom stereocenters. The van der Waals surface area contributed by atoms with Gasteiger partial charge < -0.3 is 4.42 Å². The van der Waals surface area contributed by atoms with Crippen LogP contribution in [0.4, 0.5) is 0 Å². The maximum Gasteiger partial charge on any atom is 0.175 e. The van der Waals surface area contributed by atoms with Crippen molar-refractivity contribution in [2.45, 2.75) is 10.9 Å². The molecule has 2 rings (SSSR count). The van der Waals surface area contributed by atoms with E-state index in [2.05, 4.69) is 21.4 Å². The smallest absolute Gasteiger partial charge is 0.175 e. The fourth-order valence-corrected chi connectivity index (χ4v) is 2.87. The van der Waals surface area contributed by atoms with Gasteiger partial charge in [-0.2, -0.15) is 0 Å². The second-order valence-electron chi connectivity index (χ2n) is 4.08. The molecule has 3 N–H and O–H groups in total. The zero-order valence-corrected chi connectivity index (χ0v) is 12.5. The van der Waals surface area contributed by atoms with Gasteiger partial charge in [-0.3, -0.25) is 5.84 Å². The largest absolute Gasteiger partial charge is 0.466 e. The van der Waals surface area contributed by atoms with Gasteiger partial charge in [0.2, 0.25) is 0 Å². The van der Waals surface area contributed by atoms with E-state index in [1.54, 1.807) is 30.3 Å². The van der Waals surface area contributed by atoms with Crippen molar-refractivity contribution in [2.24, 2.45) is 5.84 Å². The van der Waals surface area contributed by atoms with Gasteiger partial charge in [-0.15, -0.1) is 0 Å². The standard InChI is InChI=1S/C12H13BrN2O3S/c1-19(16,17)9-4-2-3-8(7-9)11(15-14)12-10(13)5-6-18-12/h2-7,11,15H,14H2,1H3. The minimum absolute atomic E-state index is 0.243. The van der Waals surface area contributed by atoms with Crippen LogP contribution in [-0.2, 0) is 9.84 Å². The molecule has 5 nitrogen and oxygen atoms in total. The number of sulfone groups is 1. The summed E-state index contributed by atoms with van der Waals surface area (Å²) in [6, 6.07) is 7.91. The van der Waals surface area contributed by atoms with E-state index in [1.165, 1.54) is 12.5 Å². The molecular formula is C12H13BrN2O3S. The average Bonchev–Trinajstić information content (AvgIpc) is 2.76. The maximum absolute atomic E-state index is 11.6. The molecule has 2 aromatic rings. The summed E-state index contributed by atoms with van der Waals surface area (Å²) in [6.45, 7) is 0. The van der Waals surface area contributed by atoms with Crippen LogP contribution >= 0.6 is 15.9 Å². The van der Waals surface area contributed by atoms with Crippen LogP contribution in [0, 0.1) is 0 Å². The third kappa shape index (κ3) is 3.06. The van der Waals surface area contributed by atoms with Crippen molar-refractivity contribution in [1.29, 1.82) is 0 Å². The molecule has 0 fully saturated rings. The Kier molecular flexibility index (Phi) is 4.10. The molecule has 0 spiro atoms. The molecule has 0 radical (unpaired) electrons. The third-order valence-electron chi connectivity index (χ3n) is 2.69. The van der Waals surface area contributed by atoms with E-state index in [1.807, 2.05) is 0 Å². The van der Waals surface area contributed by atoms with Gasteiger partial charge in [-0.1, -0.05) is 12.1 Å². The van der Waals surface area contributed by atoms with Gasteiger partial charge >= 0.3 is 0 Å². The Balaban J connectivity index is 2.48. The van der Waals surface area contributed by atoms with Gasteiger partial charge in [0, 0.05) is 6.26 Å². The highest BCUT2D eigenvalue weighted by molar-refractivity contribution is 9.10. The van der Waals surface area contributed by atoms with Crippen molar-refractivity contribution in [1.82, 2.24) is 5.43 Å². The molecule has 1 aromatic heterocycles. The van der Waals surface area contributed by atoms with Crippen LogP contribution in [0.15, 0.2) is 50.4 Å². The van der Waals surface area contributed by atoms with E-state index >= 15 is 0 Å². The van der Waals surface area contributed by atoms with Crippen molar-refractivity contribution in [3.63, 3.8) is 0 Å². The summed E-state index contributed by atoms with van der Waals surface area (Å²) in [5.41, 5.74) is 3.33. The number of halogens is 1. The Morgan fingerprint density at radius 2 is 2.11 bits per heavy atom. The molecule has 0 aliphatic rings. The Morgan fingerprint density at radius 3 is 2.63 bits per heavy atom. The van der Waals surface area contributed by atoms with Crippen molar-refractivity contribution in [2.75, 3.05) is 6.26 Å². The molecule has 19 heavy (non-hydrogen) atoms. The lowest BCUT2D eigenvalue weighted by Crippen LogP contribution is -2.28. The summed E-state index contributed by atoms with van der Waals surface area (Å²) in [6.07, 6.45) is 2.70. The molecule has 7 heteroatoms. The van der Waals surface area contributed by atoms with E-state index in [4.69, 9.17) is 10.3 Å². The van der Waals surface area contributed by atoms with Gasteiger partial charge in [0.05, 0.1) is 15.6 Å². The molecule has 0 amide bonds. The number of nitrogens with one attached hydrogen (secondary N) is 1. The highest BCUT2D eigenvalue weighted by Gasteiger charge is 2.20. The van der Waals surface area contributed by atoms with Crippen LogP contribution in [-0.4, -0.2) is 14.7 Å². The monoisotopic (exact) mass is 344 g/mol. The van der Waals surface area contributed by atoms with E-state index < -0.39 is 15.9 Å². The fraction of sp³-hybridized carbons (Fsp3) is 0.167. The van der Waals surface area contributed by atoms with Crippen molar-refractivity contribution >= 4 is 25.8 Å². The number of benzene rings is 1. The summed E-state index contributed by atoms with van der Waals surface area (Å²) >= 11 is 3.36. The molecule has 1 aromatic carbocycles. The lowest BCUT2D eigenvalue weighted by Gasteiger charge is -2.15. The average molecular weight is 345 g/mol. The Bertz CT molecular complexity index is 682. The van der Waals surface area contributed by atoms with Crippen molar-refractivity contribution in [3.8, 4) is 0 Å². The molecule has 0 aliphatic heterocycles. The van der Waals surface area contributed by atoms with E-state index in [9.17, 15) is 8.42 Å². The first kappa shape index (κ1) is 14.3. The van der Waals surface area contributed by atoms with Crippen LogP contribution in [0.25, 0.3) is 0 Å². The minimum atomic E-state index is -3.26. The van der Waals surface area contributed by atoms with Crippen LogP contribution < -0.4 is 11.3 Å². The third-order valence-corrected chi connectivity index (χ3v) is 4.46. The molecule has 0 bridgehead atoms. The van der Waals surface area contributed by atoms with Gasteiger partial charge in [-0.05, 0) is 39.7 Å². The highest BCUT2D eigenvalue weighted by Crippen LogP contribution is 2.29. The Morgan fingerprint density at radius 1 is 1.37 bits per heavy atom. The second kappa shape index (κ2) is 5.46. The first-order valence-electron chi connectivity index (χ1n) is 5.42. The number of hydrogen-bond acceptors (Lipinski definition) is 5. The normalized spacial score (nSPS) is 13.4. The first-order valence-corrected chi connectivity index (χ1v) is 8.11. The zero-order valence-electron chi connectivity index (χ0n) is 10.1. The van der Waals surface area contributed by atoms with Crippen LogP contribution in [0.2, 0.25) is 0 Å². The number of rotatable bonds is 4. The minimum Gasteiger partial charge on any atom is -0.466 e. The molecule has 102 valence electrons. The Labute approximate surface area is 119 Å². The van der Waals surface area contributed by atoms with Gasteiger partial charge in [0.15, 0.2) is 9.84 Å². The quantitative estimate of drug-likeness (QED) is 0.654. The van der Waals surface area contributed by atoms with Gasteiger partial charge in [0.25, 0.3) is 0 Å². The number of hydrogen-bond donors (Lipinski definition) is 2. The molecule has 1 unspecified atom stereocenters. The molecule has 0 aliphatic carbocycles. The van der Waals surface area contributed by atoms with Crippen molar-refractivity contribution < 1.29 is 12.8 Å². The molecular weight excluding hydrogens is 332 g/mol. The summed E-state index contributed by atoms with van der Waals surface area (Å²) in [7, 11) is -3.26.